The molecule has 2 heteroatoms. The van der Waals surface area contributed by atoms with Crippen molar-refractivity contribution in [3.63, 3.8) is 0 Å². The van der Waals surface area contributed by atoms with Gasteiger partial charge in [0.15, 0.2) is 0 Å². The first-order valence-corrected chi connectivity index (χ1v) is 6.09. The van der Waals surface area contributed by atoms with Crippen LogP contribution in [0.3, 0.4) is 0 Å². The molecule has 1 nitrogen and oxygen atoms in total. The van der Waals surface area contributed by atoms with Crippen molar-refractivity contribution in [2.75, 3.05) is 6.54 Å². The van der Waals surface area contributed by atoms with Gasteiger partial charge in [-0.2, -0.15) is 0 Å². The fourth-order valence-electron chi connectivity index (χ4n) is 2.01. The van der Waals surface area contributed by atoms with Crippen LogP contribution >= 0.6 is 11.6 Å². The van der Waals surface area contributed by atoms with Gasteiger partial charge in [-0.3, -0.25) is 0 Å². The third-order valence-electron chi connectivity index (χ3n) is 3.07. The second-order valence-electron chi connectivity index (χ2n) is 4.38. The van der Waals surface area contributed by atoms with Gasteiger partial charge in [0.25, 0.3) is 0 Å². The molecule has 2 rings (SSSR count). The third-order valence-corrected chi connectivity index (χ3v) is 3.48. The van der Waals surface area contributed by atoms with Crippen LogP contribution in [0.4, 0.5) is 0 Å². The molecule has 1 aliphatic rings. The van der Waals surface area contributed by atoms with Gasteiger partial charge in [0, 0.05) is 11.1 Å². The number of halogens is 1. The zero-order chi connectivity index (χ0) is 10.8. The quantitative estimate of drug-likeness (QED) is 0.821. The first-order valence-electron chi connectivity index (χ1n) is 5.71. The van der Waals surface area contributed by atoms with Crippen molar-refractivity contribution >= 4 is 11.6 Å². The number of benzene rings is 1. The Morgan fingerprint density at radius 1 is 1.47 bits per heavy atom. The Kier molecular flexibility index (Phi) is 3.32. The fraction of sp³-hybridized carbons (Fsp3) is 0.538. The van der Waals surface area contributed by atoms with Gasteiger partial charge in [-0.25, -0.2) is 0 Å². The molecule has 0 bridgehead atoms. The Morgan fingerprint density at radius 2 is 2.20 bits per heavy atom. The first-order chi connectivity index (χ1) is 7.22. The molecule has 0 aromatic heterocycles. The van der Waals surface area contributed by atoms with Crippen LogP contribution in [0, 0.1) is 12.8 Å². The zero-order valence-corrected chi connectivity index (χ0v) is 10.1. The molecule has 1 saturated carbocycles. The lowest BCUT2D eigenvalue weighted by atomic mass is 10.0. The van der Waals surface area contributed by atoms with Gasteiger partial charge in [0.1, 0.15) is 0 Å². The van der Waals surface area contributed by atoms with E-state index in [4.69, 9.17) is 11.6 Å². The molecule has 1 atom stereocenters. The summed E-state index contributed by atoms with van der Waals surface area (Å²) in [5, 5.41) is 4.43. The summed E-state index contributed by atoms with van der Waals surface area (Å²) in [5.74, 6) is 0.823. The highest BCUT2D eigenvalue weighted by atomic mass is 35.5. The molecular formula is C13H18ClN. The van der Waals surface area contributed by atoms with Crippen molar-refractivity contribution < 1.29 is 0 Å². The molecule has 15 heavy (non-hydrogen) atoms. The van der Waals surface area contributed by atoms with Crippen LogP contribution in [-0.2, 0) is 0 Å². The molecule has 1 N–H and O–H groups in total. The Labute approximate surface area is 96.8 Å². The van der Waals surface area contributed by atoms with E-state index >= 15 is 0 Å². The van der Waals surface area contributed by atoms with E-state index in [0.29, 0.717) is 6.04 Å². The molecule has 82 valence electrons. The highest BCUT2D eigenvalue weighted by molar-refractivity contribution is 6.31. The Balaban J connectivity index is 2.21. The molecule has 1 aromatic rings. The van der Waals surface area contributed by atoms with Crippen LogP contribution in [0.1, 0.15) is 36.9 Å². The molecule has 1 fully saturated rings. The van der Waals surface area contributed by atoms with Crippen molar-refractivity contribution in [1.82, 2.24) is 5.32 Å². The predicted molar refractivity (Wildman–Crippen MR) is 65.3 cm³/mol. The van der Waals surface area contributed by atoms with E-state index in [-0.39, 0.29) is 0 Å². The van der Waals surface area contributed by atoms with Crippen molar-refractivity contribution in [3.8, 4) is 0 Å². The number of nitrogens with one attached hydrogen (secondary N) is 1. The maximum absolute atomic E-state index is 6.16. The number of hydrogen-bond donors (Lipinski definition) is 1. The van der Waals surface area contributed by atoms with Gasteiger partial charge >= 0.3 is 0 Å². The van der Waals surface area contributed by atoms with Crippen LogP contribution in [0.15, 0.2) is 18.2 Å². The van der Waals surface area contributed by atoms with Crippen molar-refractivity contribution in [1.29, 1.82) is 0 Å². The summed E-state index contributed by atoms with van der Waals surface area (Å²) in [6, 6.07) is 6.94. The summed E-state index contributed by atoms with van der Waals surface area (Å²) in [4.78, 5) is 0. The van der Waals surface area contributed by atoms with Gasteiger partial charge in [0.05, 0.1) is 0 Å². The summed E-state index contributed by atoms with van der Waals surface area (Å²) < 4.78 is 0. The van der Waals surface area contributed by atoms with E-state index in [1.54, 1.807) is 0 Å². The van der Waals surface area contributed by atoms with Gasteiger partial charge < -0.3 is 5.32 Å². The van der Waals surface area contributed by atoms with E-state index in [0.717, 1.165) is 23.0 Å². The molecular weight excluding hydrogens is 206 g/mol. The minimum Gasteiger partial charge on any atom is -0.310 e. The van der Waals surface area contributed by atoms with Crippen LogP contribution in [0.5, 0.6) is 0 Å². The number of rotatable bonds is 4. The molecule has 1 aliphatic carbocycles. The highest BCUT2D eigenvalue weighted by Crippen LogP contribution is 2.41. The van der Waals surface area contributed by atoms with Crippen LogP contribution in [0.25, 0.3) is 0 Å². The summed E-state index contributed by atoms with van der Waals surface area (Å²) >= 11 is 6.16. The topological polar surface area (TPSA) is 12.0 Å². The fourth-order valence-corrected chi connectivity index (χ4v) is 2.20. The van der Waals surface area contributed by atoms with Gasteiger partial charge in [-0.1, -0.05) is 30.7 Å². The van der Waals surface area contributed by atoms with E-state index in [1.165, 1.54) is 18.4 Å². The molecule has 0 amide bonds. The number of hydrogen-bond acceptors (Lipinski definition) is 1. The highest BCUT2D eigenvalue weighted by Gasteiger charge is 2.31. The van der Waals surface area contributed by atoms with Crippen LogP contribution in [-0.4, -0.2) is 6.54 Å². The lowest BCUT2D eigenvalue weighted by Gasteiger charge is -2.18. The monoisotopic (exact) mass is 223 g/mol. The van der Waals surface area contributed by atoms with Gasteiger partial charge in [0.2, 0.25) is 0 Å². The molecule has 1 aromatic carbocycles. The minimum atomic E-state index is 0.507. The van der Waals surface area contributed by atoms with Crippen molar-refractivity contribution in [2.45, 2.75) is 32.7 Å². The standard InChI is InChI=1S/C13H18ClN/c1-3-15-13(10-6-7-10)11-5-4-9(2)12(14)8-11/h4-5,8,10,13,15H,3,6-7H2,1-2H3. The molecule has 0 aliphatic heterocycles. The summed E-state index contributed by atoms with van der Waals surface area (Å²) in [6.45, 7) is 5.23. The third kappa shape index (κ3) is 2.53. The summed E-state index contributed by atoms with van der Waals surface area (Å²) in [6.07, 6.45) is 2.70. The Hall–Kier alpha value is -0.530. The summed E-state index contributed by atoms with van der Waals surface area (Å²) in [7, 11) is 0. The Bertz CT molecular complexity index is 344. The second kappa shape index (κ2) is 4.54. The minimum absolute atomic E-state index is 0.507. The van der Waals surface area contributed by atoms with E-state index in [9.17, 15) is 0 Å². The maximum Gasteiger partial charge on any atom is 0.0438 e. The molecule has 0 heterocycles. The van der Waals surface area contributed by atoms with E-state index in [1.807, 2.05) is 6.92 Å². The van der Waals surface area contributed by atoms with Crippen LogP contribution in [0.2, 0.25) is 5.02 Å². The second-order valence-corrected chi connectivity index (χ2v) is 4.79. The van der Waals surface area contributed by atoms with E-state index in [2.05, 4.69) is 30.4 Å². The first kappa shape index (κ1) is 11.0. The average Bonchev–Trinajstić information content (AvgIpc) is 3.02. The van der Waals surface area contributed by atoms with Crippen molar-refractivity contribution in [2.24, 2.45) is 5.92 Å². The lowest BCUT2D eigenvalue weighted by molar-refractivity contribution is 0.496. The Morgan fingerprint density at radius 3 is 2.73 bits per heavy atom. The normalized spacial score (nSPS) is 17.8. The maximum atomic E-state index is 6.16. The molecule has 0 radical (unpaired) electrons. The van der Waals surface area contributed by atoms with Gasteiger partial charge in [-0.15, -0.1) is 0 Å². The lowest BCUT2D eigenvalue weighted by Crippen LogP contribution is -2.22. The summed E-state index contributed by atoms with van der Waals surface area (Å²) in [5.41, 5.74) is 2.50. The predicted octanol–water partition coefficient (Wildman–Crippen LogP) is 3.71. The van der Waals surface area contributed by atoms with Crippen LogP contribution < -0.4 is 5.32 Å². The smallest absolute Gasteiger partial charge is 0.0438 e. The average molecular weight is 224 g/mol. The number of aryl methyl sites for hydroxylation is 1. The zero-order valence-electron chi connectivity index (χ0n) is 9.39. The largest absolute Gasteiger partial charge is 0.310 e. The molecule has 0 spiro atoms. The SMILES string of the molecule is CCNC(c1ccc(C)c(Cl)c1)C1CC1. The van der Waals surface area contributed by atoms with Crippen molar-refractivity contribution in [3.05, 3.63) is 34.3 Å². The van der Waals surface area contributed by atoms with Gasteiger partial charge in [-0.05, 0) is 49.4 Å². The molecule has 1 unspecified atom stereocenters. The molecule has 0 saturated heterocycles. The van der Waals surface area contributed by atoms with E-state index < -0.39 is 0 Å².